The molecule has 1 aromatic rings. The highest BCUT2D eigenvalue weighted by Crippen LogP contribution is 2.27. The standard InChI is InChI=1S/C10H16ClN3/c1-5-12-9-13-6-7(11)8(14-9)10(2,3)4/h6H,5H2,1-4H3,(H,12,13,14). The molecule has 1 rings (SSSR count). The van der Waals surface area contributed by atoms with Crippen LogP contribution < -0.4 is 5.32 Å². The highest BCUT2D eigenvalue weighted by Gasteiger charge is 2.19. The number of halogens is 1. The zero-order valence-electron chi connectivity index (χ0n) is 9.06. The molecule has 0 spiro atoms. The Labute approximate surface area is 89.9 Å². The minimum atomic E-state index is -0.0514. The molecular weight excluding hydrogens is 198 g/mol. The van der Waals surface area contributed by atoms with Crippen LogP contribution in [0.4, 0.5) is 5.95 Å². The summed E-state index contributed by atoms with van der Waals surface area (Å²) in [7, 11) is 0. The summed E-state index contributed by atoms with van der Waals surface area (Å²) in [5, 5.41) is 3.69. The van der Waals surface area contributed by atoms with E-state index in [0.717, 1.165) is 12.2 Å². The van der Waals surface area contributed by atoms with Crippen LogP contribution in [0.1, 0.15) is 33.4 Å². The van der Waals surface area contributed by atoms with E-state index >= 15 is 0 Å². The van der Waals surface area contributed by atoms with Gasteiger partial charge in [-0.15, -0.1) is 0 Å². The maximum atomic E-state index is 6.03. The Morgan fingerprint density at radius 3 is 2.57 bits per heavy atom. The van der Waals surface area contributed by atoms with E-state index in [9.17, 15) is 0 Å². The Hall–Kier alpha value is -0.830. The molecule has 0 aliphatic rings. The smallest absolute Gasteiger partial charge is 0.222 e. The summed E-state index contributed by atoms with van der Waals surface area (Å²) in [6.07, 6.45) is 1.65. The number of hydrogen-bond donors (Lipinski definition) is 1. The van der Waals surface area contributed by atoms with Gasteiger partial charge >= 0.3 is 0 Å². The first-order valence-corrected chi connectivity index (χ1v) is 5.10. The SMILES string of the molecule is CCNc1ncc(Cl)c(C(C)(C)C)n1. The van der Waals surface area contributed by atoms with Crippen LogP contribution in [-0.4, -0.2) is 16.5 Å². The van der Waals surface area contributed by atoms with E-state index in [2.05, 4.69) is 36.1 Å². The Balaban J connectivity index is 3.09. The molecule has 0 amide bonds. The predicted octanol–water partition coefficient (Wildman–Crippen LogP) is 2.86. The van der Waals surface area contributed by atoms with Crippen LogP contribution in [0.2, 0.25) is 5.02 Å². The maximum Gasteiger partial charge on any atom is 0.222 e. The Kier molecular flexibility index (Phi) is 3.32. The first-order chi connectivity index (χ1) is 6.45. The van der Waals surface area contributed by atoms with Crippen molar-refractivity contribution in [1.29, 1.82) is 0 Å². The topological polar surface area (TPSA) is 37.8 Å². The van der Waals surface area contributed by atoms with Crippen LogP contribution in [0.5, 0.6) is 0 Å². The van der Waals surface area contributed by atoms with Gasteiger partial charge in [0.05, 0.1) is 16.9 Å². The van der Waals surface area contributed by atoms with Crippen molar-refractivity contribution in [1.82, 2.24) is 9.97 Å². The second kappa shape index (κ2) is 4.13. The highest BCUT2D eigenvalue weighted by atomic mass is 35.5. The summed E-state index contributed by atoms with van der Waals surface area (Å²) in [6, 6.07) is 0. The molecule has 0 saturated carbocycles. The number of rotatable bonds is 2. The van der Waals surface area contributed by atoms with Gasteiger partial charge < -0.3 is 5.32 Å². The Bertz CT molecular complexity index is 318. The van der Waals surface area contributed by atoms with Crippen molar-refractivity contribution in [3.63, 3.8) is 0 Å². The summed E-state index contributed by atoms with van der Waals surface area (Å²) in [6.45, 7) is 9.06. The molecular formula is C10H16ClN3. The molecule has 0 aromatic carbocycles. The minimum Gasteiger partial charge on any atom is -0.354 e. The first-order valence-electron chi connectivity index (χ1n) is 4.72. The summed E-state index contributed by atoms with van der Waals surface area (Å²) >= 11 is 6.03. The van der Waals surface area contributed by atoms with Crippen LogP contribution in [0.15, 0.2) is 6.20 Å². The van der Waals surface area contributed by atoms with Gasteiger partial charge in [0.15, 0.2) is 0 Å². The molecule has 0 bridgehead atoms. The van der Waals surface area contributed by atoms with Gasteiger partial charge in [-0.2, -0.15) is 0 Å². The summed E-state index contributed by atoms with van der Waals surface area (Å²) < 4.78 is 0. The van der Waals surface area contributed by atoms with Gasteiger partial charge in [0.25, 0.3) is 0 Å². The van der Waals surface area contributed by atoms with Crippen LogP contribution in [0, 0.1) is 0 Å². The van der Waals surface area contributed by atoms with E-state index < -0.39 is 0 Å². The van der Waals surface area contributed by atoms with Gasteiger partial charge in [0.2, 0.25) is 5.95 Å². The third-order valence-corrected chi connectivity index (χ3v) is 2.07. The van der Waals surface area contributed by atoms with E-state index in [4.69, 9.17) is 11.6 Å². The van der Waals surface area contributed by atoms with Crippen molar-refractivity contribution in [2.24, 2.45) is 0 Å². The molecule has 1 aromatic heterocycles. The molecule has 0 atom stereocenters. The molecule has 0 radical (unpaired) electrons. The van der Waals surface area contributed by atoms with Crippen molar-refractivity contribution >= 4 is 17.5 Å². The molecule has 1 N–H and O–H groups in total. The van der Waals surface area contributed by atoms with Crippen LogP contribution >= 0.6 is 11.6 Å². The number of aromatic nitrogens is 2. The van der Waals surface area contributed by atoms with Crippen molar-refractivity contribution in [2.75, 3.05) is 11.9 Å². The fourth-order valence-electron chi connectivity index (χ4n) is 1.14. The molecule has 4 heteroatoms. The van der Waals surface area contributed by atoms with E-state index in [0.29, 0.717) is 11.0 Å². The lowest BCUT2D eigenvalue weighted by molar-refractivity contribution is 0.568. The van der Waals surface area contributed by atoms with E-state index in [-0.39, 0.29) is 5.41 Å². The predicted molar refractivity (Wildman–Crippen MR) is 59.9 cm³/mol. The molecule has 0 unspecified atom stereocenters. The zero-order valence-corrected chi connectivity index (χ0v) is 9.81. The van der Waals surface area contributed by atoms with Crippen molar-refractivity contribution < 1.29 is 0 Å². The maximum absolute atomic E-state index is 6.03. The normalized spacial score (nSPS) is 11.5. The van der Waals surface area contributed by atoms with Gasteiger partial charge in [0, 0.05) is 12.0 Å². The Morgan fingerprint density at radius 2 is 2.07 bits per heavy atom. The van der Waals surface area contributed by atoms with E-state index in [1.54, 1.807) is 6.20 Å². The number of nitrogens with zero attached hydrogens (tertiary/aromatic N) is 2. The quantitative estimate of drug-likeness (QED) is 0.821. The summed E-state index contributed by atoms with van der Waals surface area (Å²) in [5.41, 5.74) is 0.828. The van der Waals surface area contributed by atoms with E-state index in [1.165, 1.54) is 0 Å². The van der Waals surface area contributed by atoms with E-state index in [1.807, 2.05) is 6.92 Å². The van der Waals surface area contributed by atoms with Crippen molar-refractivity contribution in [3.8, 4) is 0 Å². The van der Waals surface area contributed by atoms with Gasteiger partial charge in [-0.25, -0.2) is 9.97 Å². The van der Waals surface area contributed by atoms with Crippen LogP contribution in [0.25, 0.3) is 0 Å². The summed E-state index contributed by atoms with van der Waals surface area (Å²) in [4.78, 5) is 8.47. The average molecular weight is 214 g/mol. The number of nitrogens with one attached hydrogen (secondary N) is 1. The molecule has 0 fully saturated rings. The van der Waals surface area contributed by atoms with Gasteiger partial charge in [-0.3, -0.25) is 0 Å². The fraction of sp³-hybridized carbons (Fsp3) is 0.600. The number of anilines is 1. The lowest BCUT2D eigenvalue weighted by atomic mass is 9.92. The van der Waals surface area contributed by atoms with Gasteiger partial charge in [-0.1, -0.05) is 32.4 Å². The summed E-state index contributed by atoms with van der Waals surface area (Å²) in [5.74, 6) is 0.641. The van der Waals surface area contributed by atoms with Crippen LogP contribution in [-0.2, 0) is 5.41 Å². The van der Waals surface area contributed by atoms with Crippen molar-refractivity contribution in [3.05, 3.63) is 16.9 Å². The highest BCUT2D eigenvalue weighted by molar-refractivity contribution is 6.31. The molecule has 78 valence electrons. The van der Waals surface area contributed by atoms with Gasteiger partial charge in [0.1, 0.15) is 0 Å². The molecule has 14 heavy (non-hydrogen) atoms. The van der Waals surface area contributed by atoms with Crippen LogP contribution in [0.3, 0.4) is 0 Å². The lowest BCUT2D eigenvalue weighted by Crippen LogP contribution is -2.16. The second-order valence-corrected chi connectivity index (χ2v) is 4.58. The monoisotopic (exact) mass is 213 g/mol. The molecule has 1 heterocycles. The third kappa shape index (κ3) is 2.58. The lowest BCUT2D eigenvalue weighted by Gasteiger charge is -2.19. The number of hydrogen-bond acceptors (Lipinski definition) is 3. The Morgan fingerprint density at radius 1 is 1.43 bits per heavy atom. The van der Waals surface area contributed by atoms with Gasteiger partial charge in [-0.05, 0) is 6.92 Å². The molecule has 0 aliphatic carbocycles. The van der Waals surface area contributed by atoms with Crippen molar-refractivity contribution in [2.45, 2.75) is 33.1 Å². The molecule has 0 saturated heterocycles. The zero-order chi connectivity index (χ0) is 10.8. The fourth-order valence-corrected chi connectivity index (χ4v) is 1.51. The molecule has 0 aliphatic heterocycles. The second-order valence-electron chi connectivity index (χ2n) is 4.17. The largest absolute Gasteiger partial charge is 0.354 e. The minimum absolute atomic E-state index is 0.0514. The third-order valence-electron chi connectivity index (χ3n) is 1.79. The average Bonchev–Trinajstić information content (AvgIpc) is 2.07. The first kappa shape index (κ1) is 11.2. The molecule has 3 nitrogen and oxygen atoms in total.